The lowest BCUT2D eigenvalue weighted by Crippen LogP contribution is -2.38. The van der Waals surface area contributed by atoms with Gasteiger partial charge in [0, 0.05) is 42.0 Å². The van der Waals surface area contributed by atoms with Crippen molar-refractivity contribution in [3.8, 4) is 39.6 Å². The maximum atomic E-state index is 11.0. The van der Waals surface area contributed by atoms with E-state index in [1.54, 1.807) is 7.11 Å². The number of ether oxygens (including phenoxy) is 3. The molecule has 7 nitrogen and oxygen atoms in total. The predicted molar refractivity (Wildman–Crippen MR) is 120 cm³/mol. The summed E-state index contributed by atoms with van der Waals surface area (Å²) >= 11 is 0. The molecule has 0 amide bonds. The number of aromatic hydroxyl groups is 1. The zero-order valence-electron chi connectivity index (χ0n) is 18.3. The van der Waals surface area contributed by atoms with Gasteiger partial charge in [-0.25, -0.2) is 0 Å². The van der Waals surface area contributed by atoms with Crippen LogP contribution in [0.15, 0.2) is 36.4 Å². The molecular formula is C24H29N3O4. The van der Waals surface area contributed by atoms with Crippen molar-refractivity contribution in [1.29, 1.82) is 0 Å². The van der Waals surface area contributed by atoms with Crippen molar-refractivity contribution < 1.29 is 19.3 Å². The highest BCUT2D eigenvalue weighted by Gasteiger charge is 2.20. The van der Waals surface area contributed by atoms with Crippen LogP contribution in [0, 0.1) is 13.8 Å². The first-order valence-corrected chi connectivity index (χ1v) is 10.5. The first kappa shape index (κ1) is 21.2. The summed E-state index contributed by atoms with van der Waals surface area (Å²) in [7, 11) is 1.65. The Balaban J connectivity index is 1.55. The number of phenols is 1. The molecule has 3 aromatic rings. The topological polar surface area (TPSA) is 79.8 Å². The van der Waals surface area contributed by atoms with Gasteiger partial charge in [0.15, 0.2) is 0 Å². The number of hydrogen-bond acceptors (Lipinski definition) is 6. The van der Waals surface area contributed by atoms with Gasteiger partial charge in [0.2, 0.25) is 0 Å². The van der Waals surface area contributed by atoms with Gasteiger partial charge in [-0.15, -0.1) is 0 Å². The summed E-state index contributed by atoms with van der Waals surface area (Å²) in [6.07, 6.45) is 0. The number of aryl methyl sites for hydroxylation is 1. The van der Waals surface area contributed by atoms with E-state index in [1.807, 2.05) is 50.2 Å². The molecule has 0 spiro atoms. The number of morpholine rings is 1. The number of methoxy groups -OCH3 is 1. The Bertz CT molecular complexity index is 1020. The highest BCUT2D eigenvalue weighted by atomic mass is 16.5. The number of nitrogens with zero attached hydrogens (tertiary/aromatic N) is 2. The monoisotopic (exact) mass is 423 g/mol. The van der Waals surface area contributed by atoms with Crippen LogP contribution >= 0.6 is 0 Å². The first-order valence-electron chi connectivity index (χ1n) is 10.5. The van der Waals surface area contributed by atoms with E-state index in [-0.39, 0.29) is 5.75 Å². The van der Waals surface area contributed by atoms with E-state index < -0.39 is 0 Å². The minimum atomic E-state index is 0.185. The largest absolute Gasteiger partial charge is 0.507 e. The highest BCUT2D eigenvalue weighted by molar-refractivity contribution is 5.86. The second-order valence-corrected chi connectivity index (χ2v) is 7.69. The number of hydrogen-bond donors (Lipinski definition) is 2. The average molecular weight is 424 g/mol. The number of phenolic OH excluding ortho intramolecular Hbond substituents is 1. The summed E-state index contributed by atoms with van der Waals surface area (Å²) in [6.45, 7) is 8.66. The van der Waals surface area contributed by atoms with Crippen molar-refractivity contribution in [3.63, 3.8) is 0 Å². The van der Waals surface area contributed by atoms with Crippen LogP contribution in [-0.2, 0) is 4.74 Å². The molecule has 1 fully saturated rings. The van der Waals surface area contributed by atoms with Crippen molar-refractivity contribution in [2.24, 2.45) is 0 Å². The lowest BCUT2D eigenvalue weighted by Gasteiger charge is -2.26. The second-order valence-electron chi connectivity index (χ2n) is 7.69. The Labute approximate surface area is 182 Å². The summed E-state index contributed by atoms with van der Waals surface area (Å²) in [5.41, 5.74) is 4.99. The van der Waals surface area contributed by atoms with E-state index in [0.717, 1.165) is 55.4 Å². The van der Waals surface area contributed by atoms with Crippen LogP contribution in [0.3, 0.4) is 0 Å². The van der Waals surface area contributed by atoms with Gasteiger partial charge in [-0.1, -0.05) is 12.1 Å². The van der Waals surface area contributed by atoms with Gasteiger partial charge in [-0.3, -0.25) is 10.00 Å². The zero-order valence-corrected chi connectivity index (χ0v) is 18.3. The number of benzene rings is 2. The van der Waals surface area contributed by atoms with Crippen LogP contribution in [0.4, 0.5) is 0 Å². The maximum Gasteiger partial charge on any atom is 0.131 e. The third kappa shape index (κ3) is 4.52. The molecule has 31 heavy (non-hydrogen) atoms. The van der Waals surface area contributed by atoms with Crippen LogP contribution in [0.5, 0.6) is 17.2 Å². The standard InChI is InChI=1S/C24H29N3O4/c1-16-21(31-15-12-27-10-13-30-14-11-27)9-8-20(24(16)28)23-22(17(2)25-26-23)18-4-6-19(29-3)7-5-18/h4-9,28H,10-15H2,1-3H3,(H,25,26). The minimum absolute atomic E-state index is 0.185. The Morgan fingerprint density at radius 1 is 1.10 bits per heavy atom. The first-order chi connectivity index (χ1) is 15.1. The third-order valence-corrected chi connectivity index (χ3v) is 5.73. The molecule has 0 aliphatic carbocycles. The van der Waals surface area contributed by atoms with E-state index >= 15 is 0 Å². The fourth-order valence-electron chi connectivity index (χ4n) is 3.87. The lowest BCUT2D eigenvalue weighted by molar-refractivity contribution is 0.0322. The Morgan fingerprint density at radius 2 is 1.84 bits per heavy atom. The number of H-pyrrole nitrogens is 1. The number of aromatic nitrogens is 2. The lowest BCUT2D eigenvalue weighted by atomic mass is 9.97. The van der Waals surface area contributed by atoms with Crippen molar-refractivity contribution in [2.75, 3.05) is 46.6 Å². The van der Waals surface area contributed by atoms with Crippen molar-refractivity contribution in [3.05, 3.63) is 47.7 Å². The van der Waals surface area contributed by atoms with Crippen molar-refractivity contribution >= 4 is 0 Å². The molecular weight excluding hydrogens is 394 g/mol. The van der Waals surface area contributed by atoms with Crippen molar-refractivity contribution in [2.45, 2.75) is 13.8 Å². The van der Waals surface area contributed by atoms with E-state index in [9.17, 15) is 5.11 Å². The SMILES string of the molecule is COc1ccc(-c2c(-c3ccc(OCCN4CCOCC4)c(C)c3O)n[nH]c2C)cc1. The van der Waals surface area contributed by atoms with Gasteiger partial charge in [0.1, 0.15) is 29.5 Å². The fraction of sp³-hybridized carbons (Fsp3) is 0.375. The van der Waals surface area contributed by atoms with Gasteiger partial charge in [0.25, 0.3) is 0 Å². The molecule has 2 heterocycles. The third-order valence-electron chi connectivity index (χ3n) is 5.73. The quantitative estimate of drug-likeness (QED) is 0.602. The normalized spacial score (nSPS) is 14.5. The molecule has 0 unspecified atom stereocenters. The molecule has 1 aromatic heterocycles. The Kier molecular flexibility index (Phi) is 6.44. The van der Waals surface area contributed by atoms with Crippen molar-refractivity contribution in [1.82, 2.24) is 15.1 Å². The van der Waals surface area contributed by atoms with E-state index in [1.165, 1.54) is 0 Å². The number of rotatable bonds is 7. The van der Waals surface area contributed by atoms with Crippen LogP contribution in [-0.4, -0.2) is 66.8 Å². The molecule has 0 radical (unpaired) electrons. The number of nitrogens with one attached hydrogen (secondary N) is 1. The molecule has 2 N–H and O–H groups in total. The maximum absolute atomic E-state index is 11.0. The van der Waals surface area contributed by atoms with Gasteiger partial charge in [-0.05, 0) is 43.7 Å². The Morgan fingerprint density at radius 3 is 2.55 bits per heavy atom. The van der Waals surface area contributed by atoms with Crippen LogP contribution in [0.2, 0.25) is 0 Å². The molecule has 0 saturated carbocycles. The van der Waals surface area contributed by atoms with E-state index in [2.05, 4.69) is 15.1 Å². The van der Waals surface area contributed by atoms with Gasteiger partial charge < -0.3 is 19.3 Å². The summed E-state index contributed by atoms with van der Waals surface area (Å²) in [5.74, 6) is 1.67. The summed E-state index contributed by atoms with van der Waals surface area (Å²) in [4.78, 5) is 2.32. The van der Waals surface area contributed by atoms with E-state index in [0.29, 0.717) is 29.2 Å². The molecule has 2 aromatic carbocycles. The average Bonchev–Trinajstić information content (AvgIpc) is 3.18. The van der Waals surface area contributed by atoms with Crippen LogP contribution < -0.4 is 9.47 Å². The molecule has 164 valence electrons. The predicted octanol–water partition coefficient (Wildman–Crippen LogP) is 3.79. The smallest absolute Gasteiger partial charge is 0.131 e. The van der Waals surface area contributed by atoms with Crippen LogP contribution in [0.25, 0.3) is 22.4 Å². The van der Waals surface area contributed by atoms with Gasteiger partial charge >= 0.3 is 0 Å². The number of aromatic amines is 1. The summed E-state index contributed by atoms with van der Waals surface area (Å²) in [5, 5.41) is 18.5. The summed E-state index contributed by atoms with van der Waals surface area (Å²) in [6, 6.07) is 11.6. The zero-order chi connectivity index (χ0) is 21.8. The second kappa shape index (κ2) is 9.41. The molecule has 7 heteroatoms. The van der Waals surface area contributed by atoms with Gasteiger partial charge in [-0.2, -0.15) is 5.10 Å². The highest BCUT2D eigenvalue weighted by Crippen LogP contribution is 2.41. The fourth-order valence-corrected chi connectivity index (χ4v) is 3.87. The minimum Gasteiger partial charge on any atom is -0.507 e. The molecule has 0 bridgehead atoms. The molecule has 1 aliphatic rings. The molecule has 1 saturated heterocycles. The molecule has 0 atom stereocenters. The molecule has 4 rings (SSSR count). The van der Waals surface area contributed by atoms with Crippen LogP contribution in [0.1, 0.15) is 11.3 Å². The van der Waals surface area contributed by atoms with E-state index in [4.69, 9.17) is 14.2 Å². The summed E-state index contributed by atoms with van der Waals surface area (Å²) < 4.78 is 16.6. The van der Waals surface area contributed by atoms with Gasteiger partial charge in [0.05, 0.1) is 20.3 Å². The molecule has 1 aliphatic heterocycles. The Hall–Kier alpha value is -3.03.